The van der Waals surface area contributed by atoms with E-state index in [0.29, 0.717) is 11.8 Å². The number of alkyl halides is 1. The van der Waals surface area contributed by atoms with Gasteiger partial charge in [0.05, 0.1) is 12.1 Å². The van der Waals surface area contributed by atoms with Gasteiger partial charge in [0.2, 0.25) is 5.91 Å². The summed E-state index contributed by atoms with van der Waals surface area (Å²) < 4.78 is 0. The summed E-state index contributed by atoms with van der Waals surface area (Å²) in [5.74, 6) is 0.0263. The highest BCUT2D eigenvalue weighted by Gasteiger charge is 2.19. The van der Waals surface area contributed by atoms with Crippen LogP contribution in [0.3, 0.4) is 0 Å². The van der Waals surface area contributed by atoms with E-state index in [1.165, 1.54) is 5.01 Å². The van der Waals surface area contributed by atoms with Gasteiger partial charge in [-0.05, 0) is 5.56 Å². The van der Waals surface area contributed by atoms with Gasteiger partial charge in [0.15, 0.2) is 0 Å². The number of likely N-dealkylation sites (N-methyl/N-ethyl adjacent to an activating group) is 1. The van der Waals surface area contributed by atoms with Gasteiger partial charge in [0.1, 0.15) is 0 Å². The molecule has 1 aromatic carbocycles. The lowest BCUT2D eigenvalue weighted by molar-refractivity contribution is -0.129. The Morgan fingerprint density at radius 3 is 2.93 bits per heavy atom. The van der Waals surface area contributed by atoms with Crippen LogP contribution in [-0.4, -0.2) is 29.0 Å². The van der Waals surface area contributed by atoms with Crippen molar-refractivity contribution in [1.82, 2.24) is 5.01 Å². The van der Waals surface area contributed by atoms with Gasteiger partial charge in [-0.15, -0.1) is 0 Å². The molecule has 78 valence electrons. The van der Waals surface area contributed by atoms with Crippen molar-refractivity contribution >= 4 is 27.5 Å². The van der Waals surface area contributed by atoms with E-state index in [1.54, 1.807) is 7.05 Å². The Balaban J connectivity index is 2.55. The number of fused-ring (bicyclic) bond motifs is 1. The van der Waals surface area contributed by atoms with E-state index in [9.17, 15) is 4.79 Å². The van der Waals surface area contributed by atoms with E-state index >= 15 is 0 Å². The molecule has 0 fully saturated rings. The van der Waals surface area contributed by atoms with Crippen LogP contribution in [0.15, 0.2) is 29.4 Å². The predicted octanol–water partition coefficient (Wildman–Crippen LogP) is 1.80. The molecule has 3 nitrogen and oxygen atoms in total. The SMILES string of the molecule is CN1N=C(CBr)c2ccccc2CC1=O. The molecular formula is C11H11BrN2O. The maximum absolute atomic E-state index is 11.6. The third kappa shape index (κ3) is 1.95. The van der Waals surface area contributed by atoms with Crippen molar-refractivity contribution in [2.75, 3.05) is 12.4 Å². The molecule has 0 unspecified atom stereocenters. The molecule has 0 radical (unpaired) electrons. The Kier molecular flexibility index (Phi) is 2.86. The summed E-state index contributed by atoms with van der Waals surface area (Å²) in [4.78, 5) is 11.6. The normalized spacial score (nSPS) is 15.7. The fraction of sp³-hybridized carbons (Fsp3) is 0.273. The molecule has 1 amide bonds. The van der Waals surface area contributed by atoms with Gasteiger partial charge >= 0.3 is 0 Å². The molecule has 0 bridgehead atoms. The number of rotatable bonds is 1. The summed E-state index contributed by atoms with van der Waals surface area (Å²) in [6.45, 7) is 0. The van der Waals surface area contributed by atoms with Crippen molar-refractivity contribution in [3.63, 3.8) is 0 Å². The molecule has 15 heavy (non-hydrogen) atoms. The summed E-state index contributed by atoms with van der Waals surface area (Å²) in [5, 5.41) is 6.34. The van der Waals surface area contributed by atoms with Crippen LogP contribution in [0.2, 0.25) is 0 Å². The van der Waals surface area contributed by atoms with Gasteiger partial charge in [-0.2, -0.15) is 5.10 Å². The second kappa shape index (κ2) is 4.14. The van der Waals surface area contributed by atoms with E-state index < -0.39 is 0 Å². The number of nitrogens with zero attached hydrogens (tertiary/aromatic N) is 2. The topological polar surface area (TPSA) is 32.7 Å². The van der Waals surface area contributed by atoms with Crippen molar-refractivity contribution in [2.45, 2.75) is 6.42 Å². The molecule has 1 aromatic rings. The minimum absolute atomic E-state index is 0.0263. The Bertz CT molecular complexity index is 428. The smallest absolute Gasteiger partial charge is 0.246 e. The van der Waals surface area contributed by atoms with E-state index in [2.05, 4.69) is 21.0 Å². The highest BCUT2D eigenvalue weighted by atomic mass is 79.9. The third-order valence-corrected chi connectivity index (χ3v) is 2.96. The first-order valence-corrected chi connectivity index (χ1v) is 5.83. The fourth-order valence-corrected chi connectivity index (χ4v) is 2.04. The Morgan fingerprint density at radius 2 is 2.20 bits per heavy atom. The van der Waals surface area contributed by atoms with Crippen LogP contribution in [0.25, 0.3) is 0 Å². The van der Waals surface area contributed by atoms with Crippen molar-refractivity contribution in [3.05, 3.63) is 35.4 Å². The predicted molar refractivity (Wildman–Crippen MR) is 63.2 cm³/mol. The highest BCUT2D eigenvalue weighted by Crippen LogP contribution is 2.17. The molecule has 1 aliphatic heterocycles. The first-order chi connectivity index (χ1) is 7.22. The van der Waals surface area contributed by atoms with E-state index in [-0.39, 0.29) is 5.91 Å². The molecule has 1 heterocycles. The Hall–Kier alpha value is -1.16. The Labute approximate surface area is 96.9 Å². The lowest BCUT2D eigenvalue weighted by Gasteiger charge is -2.08. The first kappa shape index (κ1) is 10.4. The Morgan fingerprint density at radius 1 is 1.47 bits per heavy atom. The quantitative estimate of drug-likeness (QED) is 0.714. The van der Waals surface area contributed by atoms with Crippen LogP contribution in [0.1, 0.15) is 11.1 Å². The van der Waals surface area contributed by atoms with Crippen molar-refractivity contribution in [2.24, 2.45) is 5.10 Å². The third-order valence-electron chi connectivity index (χ3n) is 2.43. The molecule has 2 rings (SSSR count). The molecule has 0 spiro atoms. The van der Waals surface area contributed by atoms with Gasteiger partial charge in [0.25, 0.3) is 0 Å². The van der Waals surface area contributed by atoms with Crippen LogP contribution in [0.4, 0.5) is 0 Å². The van der Waals surface area contributed by atoms with Crippen LogP contribution < -0.4 is 0 Å². The standard InChI is InChI=1S/C11H11BrN2O/c1-14-11(15)6-8-4-2-3-5-9(8)10(7-12)13-14/h2-5H,6-7H2,1H3. The maximum atomic E-state index is 11.6. The van der Waals surface area contributed by atoms with Gasteiger partial charge in [-0.25, -0.2) is 5.01 Å². The fourth-order valence-electron chi connectivity index (χ4n) is 1.62. The van der Waals surface area contributed by atoms with E-state index in [1.807, 2.05) is 24.3 Å². The number of carbonyl (C=O) groups is 1. The monoisotopic (exact) mass is 266 g/mol. The molecular weight excluding hydrogens is 256 g/mol. The van der Waals surface area contributed by atoms with E-state index in [0.717, 1.165) is 16.8 Å². The molecule has 0 saturated carbocycles. The van der Waals surface area contributed by atoms with Gasteiger partial charge < -0.3 is 0 Å². The van der Waals surface area contributed by atoms with Crippen molar-refractivity contribution < 1.29 is 4.79 Å². The minimum atomic E-state index is 0.0263. The second-order valence-electron chi connectivity index (χ2n) is 3.43. The lowest BCUT2D eigenvalue weighted by atomic mass is 10.0. The van der Waals surface area contributed by atoms with Gasteiger partial charge in [-0.1, -0.05) is 40.2 Å². The van der Waals surface area contributed by atoms with Crippen LogP contribution in [0, 0.1) is 0 Å². The average molecular weight is 267 g/mol. The van der Waals surface area contributed by atoms with Crippen LogP contribution in [-0.2, 0) is 11.2 Å². The molecule has 0 saturated heterocycles. The highest BCUT2D eigenvalue weighted by molar-refractivity contribution is 9.09. The minimum Gasteiger partial charge on any atom is -0.273 e. The second-order valence-corrected chi connectivity index (χ2v) is 3.99. The average Bonchev–Trinajstić information content (AvgIpc) is 2.37. The molecule has 0 N–H and O–H groups in total. The largest absolute Gasteiger partial charge is 0.273 e. The molecule has 0 atom stereocenters. The van der Waals surface area contributed by atoms with E-state index in [4.69, 9.17) is 0 Å². The number of halogens is 1. The summed E-state index contributed by atoms with van der Waals surface area (Å²) >= 11 is 3.39. The zero-order valence-electron chi connectivity index (χ0n) is 8.40. The molecule has 4 heteroatoms. The van der Waals surface area contributed by atoms with Gasteiger partial charge in [-0.3, -0.25) is 4.79 Å². The number of carbonyl (C=O) groups excluding carboxylic acids is 1. The summed E-state index contributed by atoms with van der Waals surface area (Å²) in [5.41, 5.74) is 3.01. The summed E-state index contributed by atoms with van der Waals surface area (Å²) in [7, 11) is 1.69. The number of hydrogen-bond acceptors (Lipinski definition) is 2. The lowest BCUT2D eigenvalue weighted by Crippen LogP contribution is -2.22. The number of hydrazone groups is 1. The number of hydrogen-bond donors (Lipinski definition) is 0. The summed E-state index contributed by atoms with van der Waals surface area (Å²) in [6, 6.07) is 7.89. The van der Waals surface area contributed by atoms with Gasteiger partial charge in [0, 0.05) is 17.9 Å². The number of benzene rings is 1. The summed E-state index contributed by atoms with van der Waals surface area (Å²) in [6.07, 6.45) is 0.423. The molecule has 1 aliphatic rings. The van der Waals surface area contributed by atoms with Crippen LogP contribution >= 0.6 is 15.9 Å². The van der Waals surface area contributed by atoms with Crippen molar-refractivity contribution in [3.8, 4) is 0 Å². The number of amides is 1. The maximum Gasteiger partial charge on any atom is 0.246 e. The van der Waals surface area contributed by atoms with Crippen molar-refractivity contribution in [1.29, 1.82) is 0 Å². The zero-order chi connectivity index (χ0) is 10.8. The van der Waals surface area contributed by atoms with Crippen LogP contribution in [0.5, 0.6) is 0 Å². The molecule has 0 aliphatic carbocycles. The zero-order valence-corrected chi connectivity index (χ0v) is 9.99. The molecule has 0 aromatic heterocycles. The first-order valence-electron chi connectivity index (χ1n) is 4.70.